The molecule has 3 fully saturated rings. The first kappa shape index (κ1) is 27.9. The molecule has 12 atom stereocenters. The molecule has 0 bridgehead atoms. The van der Waals surface area contributed by atoms with Crippen molar-refractivity contribution in [2.24, 2.45) is 34.5 Å². The molecule has 0 aliphatic heterocycles. The lowest BCUT2D eigenvalue weighted by Crippen LogP contribution is -2.63. The Labute approximate surface area is 214 Å². The van der Waals surface area contributed by atoms with Crippen molar-refractivity contribution in [3.63, 3.8) is 0 Å². The molecule has 7 heteroatoms. The third-order valence-corrected chi connectivity index (χ3v) is 11.2. The minimum atomic E-state index is -1.52. The van der Waals surface area contributed by atoms with Gasteiger partial charge < -0.3 is 30.6 Å². The standard InChI is InChI=1S/C29H46O7/c1-15(2)17(16(3)30)11-25(34)28(6,35)24-8-10-29(36)19-12-21(31)20-13-22(32)23(33)14-26(20,4)18(19)7-9-27(24,29)5/h12,16-18,20,22-25,30,32-36H,1,7-11,13-14H2,2-6H3/t16?,17-,18+,20+,22-,23+,24+,25-,26-,27-,28-,29-/m1/s1. The van der Waals surface area contributed by atoms with E-state index in [4.69, 9.17) is 0 Å². The molecule has 4 rings (SSSR count). The normalized spacial score (nSPS) is 46.5. The van der Waals surface area contributed by atoms with Crippen LogP contribution >= 0.6 is 0 Å². The zero-order chi connectivity index (χ0) is 27.0. The maximum atomic E-state index is 13.3. The predicted octanol–water partition coefficient (Wildman–Crippen LogP) is 2.27. The Kier molecular flexibility index (Phi) is 6.98. The van der Waals surface area contributed by atoms with E-state index in [0.29, 0.717) is 37.7 Å². The molecule has 0 aromatic carbocycles. The van der Waals surface area contributed by atoms with E-state index in [1.54, 1.807) is 26.8 Å². The van der Waals surface area contributed by atoms with Gasteiger partial charge in [-0.2, -0.15) is 0 Å². The van der Waals surface area contributed by atoms with Gasteiger partial charge in [-0.1, -0.05) is 26.0 Å². The first-order valence-electron chi connectivity index (χ1n) is 13.6. The minimum absolute atomic E-state index is 0.0999. The number of carbonyl (C=O) groups excluding carboxylic acids is 1. The molecule has 0 radical (unpaired) electrons. The number of fused-ring (bicyclic) bond motifs is 5. The summed E-state index contributed by atoms with van der Waals surface area (Å²) in [4.78, 5) is 13.3. The highest BCUT2D eigenvalue weighted by atomic mass is 16.3. The van der Waals surface area contributed by atoms with Crippen LogP contribution in [-0.2, 0) is 4.79 Å². The lowest BCUT2D eigenvalue weighted by molar-refractivity contribution is -0.177. The first-order valence-corrected chi connectivity index (χ1v) is 13.6. The molecular weight excluding hydrogens is 460 g/mol. The van der Waals surface area contributed by atoms with E-state index >= 15 is 0 Å². The molecule has 7 nitrogen and oxygen atoms in total. The highest BCUT2D eigenvalue weighted by Gasteiger charge is 2.69. The number of allylic oxidation sites excluding steroid dienone is 1. The SMILES string of the molecule is C=C(C)[C@@H](C[C@@H](O)[C@](C)(O)[C@H]1CC[C@@]2(O)C3=CC(=O)[C@@H]4C[C@@H](O)[C@@H](O)C[C@]4(C)[C@H]3CC[C@]12C)C(C)O. The summed E-state index contributed by atoms with van der Waals surface area (Å²) in [6, 6.07) is 0. The third kappa shape index (κ3) is 3.88. The van der Waals surface area contributed by atoms with Crippen LogP contribution in [0.4, 0.5) is 0 Å². The third-order valence-electron chi connectivity index (χ3n) is 11.2. The largest absolute Gasteiger partial charge is 0.393 e. The maximum Gasteiger partial charge on any atom is 0.159 e. The van der Waals surface area contributed by atoms with Gasteiger partial charge in [0.2, 0.25) is 0 Å². The van der Waals surface area contributed by atoms with Gasteiger partial charge in [0.25, 0.3) is 0 Å². The van der Waals surface area contributed by atoms with E-state index in [0.717, 1.165) is 5.57 Å². The molecule has 0 amide bonds. The Morgan fingerprint density at radius 1 is 1.17 bits per heavy atom. The van der Waals surface area contributed by atoms with Crippen molar-refractivity contribution in [3.8, 4) is 0 Å². The van der Waals surface area contributed by atoms with Gasteiger partial charge in [-0.15, -0.1) is 0 Å². The molecule has 4 aliphatic carbocycles. The van der Waals surface area contributed by atoms with E-state index < -0.39 is 52.4 Å². The lowest BCUT2D eigenvalue weighted by Gasteiger charge is -2.60. The fraction of sp³-hybridized carbons (Fsp3) is 0.828. The van der Waals surface area contributed by atoms with Gasteiger partial charge in [-0.25, -0.2) is 0 Å². The van der Waals surface area contributed by atoms with Crippen molar-refractivity contribution in [2.45, 2.75) is 115 Å². The molecule has 36 heavy (non-hydrogen) atoms. The Morgan fingerprint density at radius 2 is 1.81 bits per heavy atom. The van der Waals surface area contributed by atoms with E-state index in [1.165, 1.54) is 0 Å². The van der Waals surface area contributed by atoms with Crippen LogP contribution < -0.4 is 0 Å². The van der Waals surface area contributed by atoms with Gasteiger partial charge in [0, 0.05) is 17.3 Å². The summed E-state index contributed by atoms with van der Waals surface area (Å²) in [5, 5.41) is 66.2. The second-order valence-corrected chi connectivity index (χ2v) is 13.3. The number of carbonyl (C=O) groups is 1. The molecule has 6 N–H and O–H groups in total. The van der Waals surface area contributed by atoms with Crippen LogP contribution in [0.25, 0.3) is 0 Å². The minimum Gasteiger partial charge on any atom is -0.393 e. The van der Waals surface area contributed by atoms with Gasteiger partial charge in [0.15, 0.2) is 5.78 Å². The average Bonchev–Trinajstić information content (AvgIpc) is 3.05. The van der Waals surface area contributed by atoms with Crippen LogP contribution in [-0.4, -0.2) is 72.0 Å². The smallest absolute Gasteiger partial charge is 0.159 e. The summed E-state index contributed by atoms with van der Waals surface area (Å²) in [6.07, 6.45) is 0.788. The van der Waals surface area contributed by atoms with Gasteiger partial charge >= 0.3 is 0 Å². The summed E-state index contributed by atoms with van der Waals surface area (Å²) < 4.78 is 0. The highest BCUT2D eigenvalue weighted by molar-refractivity contribution is 5.95. The molecule has 0 aromatic heterocycles. The van der Waals surface area contributed by atoms with Crippen molar-refractivity contribution < 1.29 is 35.4 Å². The second kappa shape index (κ2) is 8.99. The molecular formula is C29H46O7. The summed E-state index contributed by atoms with van der Waals surface area (Å²) in [5.41, 5.74) is -2.72. The van der Waals surface area contributed by atoms with E-state index in [1.807, 2.05) is 13.8 Å². The van der Waals surface area contributed by atoms with Gasteiger partial charge in [-0.05, 0) is 94.6 Å². The summed E-state index contributed by atoms with van der Waals surface area (Å²) >= 11 is 0. The van der Waals surface area contributed by atoms with Crippen molar-refractivity contribution in [2.75, 3.05) is 0 Å². The van der Waals surface area contributed by atoms with E-state index in [-0.39, 0.29) is 36.4 Å². The molecule has 0 spiro atoms. The predicted molar refractivity (Wildman–Crippen MR) is 136 cm³/mol. The molecule has 0 heterocycles. The Hall–Kier alpha value is -1.09. The Morgan fingerprint density at radius 3 is 2.39 bits per heavy atom. The number of aliphatic hydroxyl groups is 6. The zero-order valence-electron chi connectivity index (χ0n) is 22.4. The Balaban J connectivity index is 1.67. The van der Waals surface area contributed by atoms with Crippen LogP contribution in [0, 0.1) is 34.5 Å². The number of hydrogen-bond donors (Lipinski definition) is 6. The quantitative estimate of drug-likeness (QED) is 0.304. The number of hydrogen-bond acceptors (Lipinski definition) is 7. The van der Waals surface area contributed by atoms with Crippen molar-refractivity contribution in [3.05, 3.63) is 23.8 Å². The zero-order valence-corrected chi connectivity index (χ0v) is 22.4. The van der Waals surface area contributed by atoms with E-state index in [9.17, 15) is 35.4 Å². The van der Waals surface area contributed by atoms with Crippen LogP contribution in [0.5, 0.6) is 0 Å². The number of aliphatic hydroxyl groups excluding tert-OH is 4. The Bertz CT molecular complexity index is 940. The van der Waals surface area contributed by atoms with Crippen molar-refractivity contribution >= 4 is 5.78 Å². The average molecular weight is 507 g/mol. The number of rotatable bonds is 6. The van der Waals surface area contributed by atoms with Crippen LogP contribution in [0.15, 0.2) is 23.8 Å². The fourth-order valence-corrected chi connectivity index (χ4v) is 8.83. The monoisotopic (exact) mass is 506 g/mol. The lowest BCUT2D eigenvalue weighted by atomic mass is 9.45. The topological polar surface area (TPSA) is 138 Å². The molecule has 204 valence electrons. The van der Waals surface area contributed by atoms with Crippen LogP contribution in [0.3, 0.4) is 0 Å². The van der Waals surface area contributed by atoms with Crippen molar-refractivity contribution in [1.82, 2.24) is 0 Å². The second-order valence-electron chi connectivity index (χ2n) is 13.3. The summed E-state index contributed by atoms with van der Waals surface area (Å²) in [6.45, 7) is 13.0. The molecule has 1 unspecified atom stereocenters. The van der Waals surface area contributed by atoms with Crippen LogP contribution in [0.2, 0.25) is 0 Å². The molecule has 3 saturated carbocycles. The van der Waals surface area contributed by atoms with Crippen LogP contribution in [0.1, 0.15) is 79.6 Å². The first-order chi connectivity index (χ1) is 16.5. The van der Waals surface area contributed by atoms with Gasteiger partial charge in [-0.3, -0.25) is 4.79 Å². The van der Waals surface area contributed by atoms with Gasteiger partial charge in [0.05, 0.1) is 35.6 Å². The summed E-state index contributed by atoms with van der Waals surface area (Å²) in [5.74, 6) is -1.38. The summed E-state index contributed by atoms with van der Waals surface area (Å²) in [7, 11) is 0. The van der Waals surface area contributed by atoms with E-state index in [2.05, 4.69) is 6.58 Å². The number of ketones is 1. The molecule has 0 saturated heterocycles. The van der Waals surface area contributed by atoms with Gasteiger partial charge in [0.1, 0.15) is 0 Å². The maximum absolute atomic E-state index is 13.3. The fourth-order valence-electron chi connectivity index (χ4n) is 8.83. The molecule has 4 aliphatic rings. The molecule has 0 aromatic rings. The van der Waals surface area contributed by atoms with Crippen molar-refractivity contribution in [1.29, 1.82) is 0 Å². The highest BCUT2D eigenvalue weighted by Crippen LogP contribution is 2.68.